The summed E-state index contributed by atoms with van der Waals surface area (Å²) in [6.45, 7) is 2.26. The molecule has 0 saturated heterocycles. The van der Waals surface area contributed by atoms with Crippen LogP contribution in [-0.4, -0.2) is 122 Å². The van der Waals surface area contributed by atoms with Gasteiger partial charge in [-0.1, -0.05) is 25.4 Å². The number of phenols is 4. The Morgan fingerprint density at radius 2 is 1.11 bits per heavy atom. The van der Waals surface area contributed by atoms with Crippen molar-refractivity contribution in [3.05, 3.63) is 10.6 Å². The van der Waals surface area contributed by atoms with Crippen LogP contribution in [0.25, 0.3) is 0 Å². The molecule has 1 aromatic rings. The summed E-state index contributed by atoms with van der Waals surface area (Å²) < 4.78 is 0. The Morgan fingerprint density at radius 3 is 1.39 bits per heavy atom. The number of aliphatic hydroxyl groups is 12. The van der Waals surface area contributed by atoms with Crippen LogP contribution in [0.2, 0.25) is 5.02 Å². The van der Waals surface area contributed by atoms with E-state index in [0.717, 1.165) is 13.8 Å². The highest BCUT2D eigenvalue weighted by molar-refractivity contribution is 6.34. The first-order valence-corrected chi connectivity index (χ1v) is 10.0. The fourth-order valence-electron chi connectivity index (χ4n) is 4.80. The number of halogens is 1. The van der Waals surface area contributed by atoms with Gasteiger partial charge in [0.25, 0.3) is 11.8 Å². The molecular weight excluding hydrogens is 524 g/mol. The number of hydrogen-bond acceptors (Lipinski definition) is 18. The van der Waals surface area contributed by atoms with Crippen molar-refractivity contribution in [2.24, 2.45) is 11.7 Å². The van der Waals surface area contributed by atoms with Crippen molar-refractivity contribution in [2.75, 3.05) is 0 Å². The average molecular weight is 551 g/mol. The summed E-state index contributed by atoms with van der Waals surface area (Å²) in [5, 5.41) is 164. The first kappa shape index (κ1) is 30.4. The number of phenolic OH excluding ortho intramolecular Hbond substituents is 4. The molecular formula is C17H27ClN2O16. The molecule has 0 radical (unpaired) electrons. The molecule has 1 aromatic carbocycles. The molecule has 19 heteroatoms. The van der Waals surface area contributed by atoms with Crippen molar-refractivity contribution in [1.82, 2.24) is 4.90 Å². The Labute approximate surface area is 205 Å². The molecule has 18 N–H and O–H groups in total. The number of benzene rings is 1. The van der Waals surface area contributed by atoms with Gasteiger partial charge >= 0.3 is 6.10 Å². The van der Waals surface area contributed by atoms with Crippen LogP contribution >= 0.6 is 11.6 Å². The van der Waals surface area contributed by atoms with E-state index in [1.165, 1.54) is 0 Å². The normalized spacial score (nSPS) is 22.4. The SMILES string of the molecule is CC(C)CC(O)(N(C(N)(O)O)C(O)(O)O)C1(c2c(O)c(O)c(Cl)c(O)c2O)C(O)(O)C(O)(O)C1(O)O. The Hall–Kier alpha value is -1.85. The minimum Gasteiger partial charge on any atom is -0.504 e. The van der Waals surface area contributed by atoms with E-state index in [0.29, 0.717) is 0 Å². The fraction of sp³-hybridized carbons (Fsp3) is 0.647. The van der Waals surface area contributed by atoms with Crippen LogP contribution in [0.1, 0.15) is 25.8 Å². The van der Waals surface area contributed by atoms with Gasteiger partial charge < -0.3 is 81.7 Å². The molecule has 0 bridgehead atoms. The van der Waals surface area contributed by atoms with Crippen molar-refractivity contribution in [3.63, 3.8) is 0 Å². The zero-order chi connectivity index (χ0) is 28.8. The lowest BCUT2D eigenvalue weighted by molar-refractivity contribution is -0.611. The van der Waals surface area contributed by atoms with Crippen LogP contribution in [0.15, 0.2) is 0 Å². The standard InChI is InChI=1S/C17H27ClN2O16/c1-4(2)3-11(25,20(16(19,32)33)17(34,35)36)12(13(26,27)15(30,31)14(12,28)29)5-7(21)9(23)6(18)10(24)8(5)22/h4,21-36H,3,19H2,1-2H3. The van der Waals surface area contributed by atoms with E-state index in [9.17, 15) is 81.7 Å². The Balaban J connectivity index is 3.37. The van der Waals surface area contributed by atoms with Gasteiger partial charge in [0, 0.05) is 0 Å². The summed E-state index contributed by atoms with van der Waals surface area (Å²) in [6, 6.07) is -4.41. The molecule has 1 atom stereocenters. The van der Waals surface area contributed by atoms with Crippen molar-refractivity contribution >= 4 is 11.6 Å². The van der Waals surface area contributed by atoms with Gasteiger partial charge in [0.15, 0.2) is 34.1 Å². The van der Waals surface area contributed by atoms with E-state index in [4.69, 9.17) is 17.3 Å². The zero-order valence-corrected chi connectivity index (χ0v) is 19.1. The maximum absolute atomic E-state index is 11.7. The number of aromatic hydroxyl groups is 4. The summed E-state index contributed by atoms with van der Waals surface area (Å²) in [7, 11) is 0. The number of nitrogens with two attached hydrogens (primary N) is 1. The lowest BCUT2D eigenvalue weighted by Gasteiger charge is -2.72. The van der Waals surface area contributed by atoms with Crippen molar-refractivity contribution in [1.29, 1.82) is 0 Å². The summed E-state index contributed by atoms with van der Waals surface area (Å²) in [6.07, 6.45) is -6.23. The van der Waals surface area contributed by atoms with Gasteiger partial charge in [0.2, 0.25) is 11.6 Å². The zero-order valence-electron chi connectivity index (χ0n) is 18.3. The van der Waals surface area contributed by atoms with E-state index in [-0.39, 0.29) is 0 Å². The molecule has 1 aliphatic carbocycles. The highest BCUT2D eigenvalue weighted by atomic mass is 35.5. The molecule has 0 heterocycles. The van der Waals surface area contributed by atoms with Gasteiger partial charge in [-0.05, 0) is 12.3 Å². The lowest BCUT2D eigenvalue weighted by atomic mass is 9.44. The second-order valence-electron chi connectivity index (χ2n) is 8.89. The van der Waals surface area contributed by atoms with Gasteiger partial charge in [-0.15, -0.1) is 4.90 Å². The monoisotopic (exact) mass is 550 g/mol. The maximum Gasteiger partial charge on any atom is 0.353 e. The van der Waals surface area contributed by atoms with Crippen molar-refractivity contribution < 1.29 is 81.7 Å². The third kappa shape index (κ3) is 3.37. The number of rotatable bonds is 7. The van der Waals surface area contributed by atoms with Gasteiger partial charge in [0.05, 0.1) is 5.56 Å². The predicted molar refractivity (Wildman–Crippen MR) is 108 cm³/mol. The van der Waals surface area contributed by atoms with Gasteiger partial charge in [0.1, 0.15) is 5.02 Å². The summed E-state index contributed by atoms with van der Waals surface area (Å²) >= 11 is 5.51. The Bertz CT molecular complexity index is 986. The molecule has 0 aliphatic heterocycles. The van der Waals surface area contributed by atoms with Gasteiger partial charge in [-0.2, -0.15) is 0 Å². The van der Waals surface area contributed by atoms with E-state index in [2.05, 4.69) is 0 Å². The van der Waals surface area contributed by atoms with E-state index >= 15 is 0 Å². The van der Waals surface area contributed by atoms with E-state index < -0.39 is 91.5 Å². The summed E-state index contributed by atoms with van der Waals surface area (Å²) in [5.41, 5.74) is -5.93. The third-order valence-corrected chi connectivity index (χ3v) is 6.38. The molecule has 2 rings (SSSR count). The predicted octanol–water partition coefficient (Wildman–Crippen LogP) is -6.36. The average Bonchev–Trinajstić information content (AvgIpc) is 2.63. The van der Waals surface area contributed by atoms with Crippen LogP contribution in [0, 0.1) is 5.92 Å². The second-order valence-corrected chi connectivity index (χ2v) is 9.27. The fourth-order valence-corrected chi connectivity index (χ4v) is 4.98. The third-order valence-electron chi connectivity index (χ3n) is 6.02. The molecule has 1 fully saturated rings. The van der Waals surface area contributed by atoms with E-state index in [1.54, 1.807) is 0 Å². The number of hydrogen-bond donors (Lipinski definition) is 17. The smallest absolute Gasteiger partial charge is 0.353 e. The van der Waals surface area contributed by atoms with E-state index in [1.807, 2.05) is 0 Å². The Morgan fingerprint density at radius 1 is 0.750 bits per heavy atom. The van der Waals surface area contributed by atoms with Crippen LogP contribution in [-0.2, 0) is 5.41 Å². The molecule has 0 amide bonds. The highest BCUT2D eigenvalue weighted by Crippen LogP contribution is 2.72. The minimum absolute atomic E-state index is 1.13. The topological polar surface area (TPSA) is 353 Å². The summed E-state index contributed by atoms with van der Waals surface area (Å²) in [5.74, 6) is -22.6. The Kier molecular flexibility index (Phi) is 6.81. The molecule has 208 valence electrons. The molecule has 36 heavy (non-hydrogen) atoms. The minimum atomic E-state index is -4.79. The molecule has 18 nitrogen and oxygen atoms in total. The van der Waals surface area contributed by atoms with Gasteiger partial charge in [-0.25, -0.2) is 0 Å². The highest BCUT2D eigenvalue weighted by Gasteiger charge is 2.97. The molecule has 0 aromatic heterocycles. The second kappa shape index (κ2) is 8.07. The summed E-state index contributed by atoms with van der Waals surface area (Å²) in [4.78, 5) is -1.23. The molecule has 1 aliphatic rings. The maximum atomic E-state index is 11.7. The van der Waals surface area contributed by atoms with Crippen LogP contribution < -0.4 is 5.73 Å². The lowest BCUT2D eigenvalue weighted by Crippen LogP contribution is -3.01. The van der Waals surface area contributed by atoms with Crippen molar-refractivity contribution in [2.45, 2.75) is 60.9 Å². The van der Waals surface area contributed by atoms with Crippen molar-refractivity contribution in [3.8, 4) is 23.0 Å². The largest absolute Gasteiger partial charge is 0.504 e. The molecule has 0 spiro atoms. The van der Waals surface area contributed by atoms with Crippen LogP contribution in [0.4, 0.5) is 0 Å². The quantitative estimate of drug-likeness (QED) is 0.0851. The molecule has 1 unspecified atom stereocenters. The van der Waals surface area contributed by atoms with Crippen LogP contribution in [0.5, 0.6) is 23.0 Å². The first-order valence-electron chi connectivity index (χ1n) is 9.64. The number of nitrogens with zero attached hydrogens (tertiary/aromatic N) is 1. The van der Waals surface area contributed by atoms with Gasteiger partial charge in [-0.3, -0.25) is 5.73 Å². The molecule has 1 saturated carbocycles. The first-order chi connectivity index (χ1) is 15.7. The van der Waals surface area contributed by atoms with Crippen LogP contribution in [0.3, 0.4) is 0 Å².